The highest BCUT2D eigenvalue weighted by Crippen LogP contribution is 2.25. The highest BCUT2D eigenvalue weighted by Gasteiger charge is 2.26. The molecule has 0 bridgehead atoms. The maximum Gasteiger partial charge on any atom is 0.508 e. The Morgan fingerprint density at radius 3 is 2.16 bits per heavy atom. The van der Waals surface area contributed by atoms with Crippen molar-refractivity contribution in [3.8, 4) is 0 Å². The lowest BCUT2D eigenvalue weighted by molar-refractivity contribution is -0.692. The molecule has 0 unspecified atom stereocenters. The van der Waals surface area contributed by atoms with Crippen molar-refractivity contribution in [2.24, 2.45) is 5.92 Å². The molecule has 0 N–H and O–H groups in total. The second-order valence-corrected chi connectivity index (χ2v) is 14.0. The first-order valence-corrected chi connectivity index (χ1v) is 19.0. The van der Waals surface area contributed by atoms with Crippen LogP contribution in [0.15, 0.2) is 46.2 Å². The Kier molecular flexibility index (Phi) is 20.3. The number of ether oxygens (including phenoxy) is 3. The monoisotopic (exact) mass is 653 g/mol. The van der Waals surface area contributed by atoms with E-state index in [0.717, 1.165) is 38.0 Å². The van der Waals surface area contributed by atoms with Crippen molar-refractivity contribution in [1.29, 1.82) is 0 Å². The number of carbonyl (C=O) groups excluding carboxylic acids is 1. The summed E-state index contributed by atoms with van der Waals surface area (Å²) < 4.78 is 49.6. The number of aromatic nitrogens is 1. The molecule has 0 spiro atoms. The Hall–Kier alpha value is -2.01. The third-order valence-electron chi connectivity index (χ3n) is 7.88. The highest BCUT2D eigenvalue weighted by molar-refractivity contribution is 7.85. The minimum absolute atomic E-state index is 0.0369. The molecule has 3 rings (SSSR count). The van der Waals surface area contributed by atoms with Crippen molar-refractivity contribution in [2.45, 2.75) is 134 Å². The van der Waals surface area contributed by atoms with Gasteiger partial charge in [-0.2, -0.15) is 4.57 Å². The zero-order valence-corrected chi connectivity index (χ0v) is 28.6. The highest BCUT2D eigenvalue weighted by atomic mass is 32.2. The summed E-state index contributed by atoms with van der Waals surface area (Å²) in [4.78, 5) is 11.6. The molecular formula is C34H55NO7S2. The fourth-order valence-corrected chi connectivity index (χ4v) is 6.32. The topological polar surface area (TPSA) is 106 Å². The van der Waals surface area contributed by atoms with Gasteiger partial charge in [0.2, 0.25) is 5.51 Å². The molecule has 44 heavy (non-hydrogen) atoms. The lowest BCUT2D eigenvalue weighted by atomic mass is 9.97. The molecule has 1 fully saturated rings. The molecular weight excluding hydrogens is 599 g/mol. The second kappa shape index (κ2) is 23.3. The summed E-state index contributed by atoms with van der Waals surface area (Å²) in [6, 6.07) is 5.78. The average molecular weight is 654 g/mol. The van der Waals surface area contributed by atoms with Crippen LogP contribution in [0.4, 0.5) is 4.79 Å². The molecule has 0 saturated carbocycles. The molecule has 1 aromatic carbocycles. The van der Waals surface area contributed by atoms with Gasteiger partial charge < -0.3 is 18.8 Å². The Balaban J connectivity index is 0.000000514. The number of benzene rings is 1. The standard InChI is InChI=1S/C27H48NO4S.C7H8O3S/c1-2-3-4-5-6-7-8-9-10-11-12-13-16-25-21-26(31-22-25)23-32-27(29)30-19-15-14-17-28-18-20-33-24-28;1-6-2-4-7(5-3-6)11(8,9)10/h18,20,24-26H,2-17,19,21-23H2,1H3;2-5H,1H3,(H,8,9,10)/q+1;/p-1/t25-,26+;/m0./s1. The van der Waals surface area contributed by atoms with Gasteiger partial charge >= 0.3 is 6.16 Å². The van der Waals surface area contributed by atoms with Crippen LogP contribution in [0.25, 0.3) is 0 Å². The molecule has 10 heteroatoms. The zero-order chi connectivity index (χ0) is 31.9. The van der Waals surface area contributed by atoms with Crippen molar-refractivity contribution < 1.29 is 36.5 Å². The number of aryl methyl sites for hydroxylation is 2. The fraction of sp³-hybridized carbons (Fsp3) is 0.706. The quantitative estimate of drug-likeness (QED) is 0.0577. The van der Waals surface area contributed by atoms with Gasteiger partial charge in [-0.05, 0) is 44.2 Å². The molecule has 0 radical (unpaired) electrons. The van der Waals surface area contributed by atoms with E-state index in [4.69, 9.17) is 14.2 Å². The summed E-state index contributed by atoms with van der Waals surface area (Å²) in [6.07, 6.45) is 22.3. The molecule has 0 aliphatic carbocycles. The van der Waals surface area contributed by atoms with E-state index in [1.807, 2.05) is 6.92 Å². The van der Waals surface area contributed by atoms with Gasteiger partial charge in [-0.25, -0.2) is 13.2 Å². The van der Waals surface area contributed by atoms with E-state index in [1.54, 1.807) is 23.5 Å². The third kappa shape index (κ3) is 18.7. The predicted octanol–water partition coefficient (Wildman–Crippen LogP) is 8.36. The van der Waals surface area contributed by atoms with Gasteiger partial charge in [0, 0.05) is 6.42 Å². The number of nitrogens with zero attached hydrogens (tertiary/aromatic N) is 1. The maximum absolute atomic E-state index is 11.8. The second-order valence-electron chi connectivity index (χ2n) is 11.9. The molecule has 0 amide bonds. The maximum atomic E-state index is 11.8. The van der Waals surface area contributed by atoms with Crippen LogP contribution in [-0.2, 0) is 30.9 Å². The Morgan fingerprint density at radius 1 is 0.932 bits per heavy atom. The average Bonchev–Trinajstić information content (AvgIpc) is 3.69. The summed E-state index contributed by atoms with van der Waals surface area (Å²) >= 11 is 1.68. The SMILES string of the molecule is CCCCCCCCCCCCCC[C@@H]1CO[C@@H](COC(=O)OCCCC[n+]2ccsc2)C1.Cc1ccc(S(=O)(=O)[O-])cc1. The minimum Gasteiger partial charge on any atom is -0.744 e. The van der Waals surface area contributed by atoms with Gasteiger partial charge in [0.15, 0.2) is 6.20 Å². The first-order chi connectivity index (χ1) is 21.3. The molecule has 2 aromatic rings. The third-order valence-corrected chi connectivity index (χ3v) is 9.41. The van der Waals surface area contributed by atoms with Gasteiger partial charge in [-0.15, -0.1) is 0 Å². The molecule has 250 valence electrons. The van der Waals surface area contributed by atoms with Gasteiger partial charge in [0.25, 0.3) is 0 Å². The lowest BCUT2D eigenvalue weighted by Gasteiger charge is -2.11. The van der Waals surface area contributed by atoms with Crippen LogP contribution in [-0.4, -0.2) is 45.1 Å². The van der Waals surface area contributed by atoms with Crippen LogP contribution < -0.4 is 4.57 Å². The van der Waals surface area contributed by atoms with E-state index in [2.05, 4.69) is 28.6 Å². The van der Waals surface area contributed by atoms with E-state index in [1.165, 1.54) is 95.6 Å². The molecule has 1 aliphatic heterocycles. The van der Waals surface area contributed by atoms with Crippen LogP contribution in [0.5, 0.6) is 0 Å². The van der Waals surface area contributed by atoms with Gasteiger partial charge in [0.1, 0.15) is 23.3 Å². The van der Waals surface area contributed by atoms with E-state index in [0.29, 0.717) is 19.1 Å². The van der Waals surface area contributed by atoms with Crippen molar-refractivity contribution in [3.63, 3.8) is 0 Å². The first-order valence-electron chi connectivity index (χ1n) is 16.6. The Bertz CT molecular complexity index is 1090. The van der Waals surface area contributed by atoms with E-state index < -0.39 is 16.3 Å². The van der Waals surface area contributed by atoms with Crippen molar-refractivity contribution >= 4 is 27.6 Å². The smallest absolute Gasteiger partial charge is 0.508 e. The number of thiazole rings is 1. The van der Waals surface area contributed by atoms with Crippen molar-refractivity contribution in [1.82, 2.24) is 0 Å². The minimum atomic E-state index is -4.27. The molecule has 2 heterocycles. The van der Waals surface area contributed by atoms with Gasteiger partial charge in [-0.3, -0.25) is 0 Å². The van der Waals surface area contributed by atoms with Crippen LogP contribution >= 0.6 is 11.3 Å². The predicted molar refractivity (Wildman–Crippen MR) is 174 cm³/mol. The van der Waals surface area contributed by atoms with Crippen molar-refractivity contribution in [2.75, 3.05) is 19.8 Å². The summed E-state index contributed by atoms with van der Waals surface area (Å²) in [5, 5.41) is 2.06. The summed E-state index contributed by atoms with van der Waals surface area (Å²) in [6.45, 7) is 6.59. The molecule has 8 nitrogen and oxygen atoms in total. The number of unbranched alkanes of at least 4 members (excludes halogenated alkanes) is 12. The van der Waals surface area contributed by atoms with Crippen LogP contribution in [0, 0.1) is 12.8 Å². The molecule has 1 aliphatic rings. The summed E-state index contributed by atoms with van der Waals surface area (Å²) in [5.74, 6) is 0.618. The van der Waals surface area contributed by atoms with E-state index in [-0.39, 0.29) is 11.0 Å². The number of rotatable bonds is 21. The summed E-state index contributed by atoms with van der Waals surface area (Å²) in [5.41, 5.74) is 3.01. The zero-order valence-electron chi connectivity index (χ0n) is 27.0. The van der Waals surface area contributed by atoms with E-state index >= 15 is 0 Å². The fourth-order valence-electron chi connectivity index (χ4n) is 5.22. The normalized spacial score (nSPS) is 16.3. The molecule has 1 saturated heterocycles. The van der Waals surface area contributed by atoms with Crippen molar-refractivity contribution in [3.05, 3.63) is 46.9 Å². The van der Waals surface area contributed by atoms with Crippen LogP contribution in [0.1, 0.15) is 115 Å². The van der Waals surface area contributed by atoms with Gasteiger partial charge in [0.05, 0.1) is 29.6 Å². The largest absolute Gasteiger partial charge is 0.744 e. The number of hydrogen-bond donors (Lipinski definition) is 0. The first kappa shape index (κ1) is 38.2. The number of carbonyl (C=O) groups is 1. The van der Waals surface area contributed by atoms with E-state index in [9.17, 15) is 17.8 Å². The Labute approximate surface area is 270 Å². The van der Waals surface area contributed by atoms with Gasteiger partial charge in [-0.1, -0.05) is 113 Å². The van der Waals surface area contributed by atoms with Crippen LogP contribution in [0.2, 0.25) is 0 Å². The lowest BCUT2D eigenvalue weighted by Crippen LogP contribution is -2.29. The Morgan fingerprint density at radius 2 is 1.57 bits per heavy atom. The summed E-state index contributed by atoms with van der Waals surface area (Å²) in [7, 11) is -4.27. The van der Waals surface area contributed by atoms with Crippen LogP contribution in [0.3, 0.4) is 0 Å². The molecule has 1 aromatic heterocycles. The number of hydrogen-bond acceptors (Lipinski definition) is 8. The molecule has 2 atom stereocenters.